The molecule has 1 N–H and O–H groups in total. The quantitative estimate of drug-likeness (QED) is 0.0413. The first kappa shape index (κ1) is 55.8. The summed E-state index contributed by atoms with van der Waals surface area (Å²) in [7, 11) is -1.45. The standard InChI is InChI=1S/C57H63N3O13S4/c1-34-22-44-41(30-53(77(67,68)71-7)48-27-40-13-9-11-15-47(40)60(48)56(44)64)29-49(34)72-32-36-23-37(25-42(24-36)58-54(62)18-20-57(3,4)75-74-21-19-52(35(2)61)76(65,66)70-6)33-73-51-28-38-16-17-43-26-39-12-8-10-14-46(39)59(43)55(63)45(38)31-50(51)69-5/h8-15,22-25,28-29,31,43,48,52-53H,16-21,26-27,30,32-33H2,1-7H3,(H,58,62)/t43-,48+,52?,53?/m1/s1. The third-order valence-electron chi connectivity index (χ3n) is 14.8. The number of nitrogens with zero attached hydrogens (tertiary/aromatic N) is 2. The first-order valence-corrected chi connectivity index (χ1v) is 30.7. The Morgan fingerprint density at radius 3 is 2.03 bits per heavy atom. The van der Waals surface area contributed by atoms with Crippen LogP contribution in [0.2, 0.25) is 0 Å². The van der Waals surface area contributed by atoms with Crippen molar-refractivity contribution in [2.24, 2.45) is 0 Å². The van der Waals surface area contributed by atoms with Gasteiger partial charge in [0.15, 0.2) is 11.5 Å². The Labute approximate surface area is 458 Å². The number of ether oxygens (including phenoxy) is 3. The van der Waals surface area contributed by atoms with Gasteiger partial charge in [0.05, 0.1) is 27.4 Å². The number of hydrogen-bond donors (Lipinski definition) is 1. The Morgan fingerprint density at radius 2 is 1.36 bits per heavy atom. The summed E-state index contributed by atoms with van der Waals surface area (Å²) in [6.07, 6.45) is 3.35. The molecule has 0 saturated heterocycles. The van der Waals surface area contributed by atoms with E-state index in [2.05, 4.69) is 15.6 Å². The maximum absolute atomic E-state index is 14.4. The molecular formula is C57H63N3O13S4. The predicted molar refractivity (Wildman–Crippen MR) is 300 cm³/mol. The van der Waals surface area contributed by atoms with Crippen LogP contribution in [0.1, 0.15) is 106 Å². The fourth-order valence-electron chi connectivity index (χ4n) is 10.9. The van der Waals surface area contributed by atoms with Crippen LogP contribution in [-0.2, 0) is 77.1 Å². The number of carbonyl (C=O) groups is 4. The van der Waals surface area contributed by atoms with Crippen LogP contribution in [0.5, 0.6) is 17.2 Å². The van der Waals surface area contributed by atoms with E-state index < -0.39 is 47.3 Å². The topological polar surface area (TPSA) is 201 Å². The monoisotopic (exact) mass is 1130 g/mol. The Hall–Kier alpha value is -5.90. The minimum atomic E-state index is -4.10. The van der Waals surface area contributed by atoms with Crippen LogP contribution in [0.25, 0.3) is 0 Å². The van der Waals surface area contributed by atoms with Gasteiger partial charge < -0.3 is 29.3 Å². The van der Waals surface area contributed by atoms with Crippen LogP contribution >= 0.6 is 21.6 Å². The molecule has 9 rings (SSSR count). The predicted octanol–water partition coefficient (Wildman–Crippen LogP) is 9.35. The van der Waals surface area contributed by atoms with E-state index in [0.29, 0.717) is 87.0 Å². The van der Waals surface area contributed by atoms with Gasteiger partial charge in [0.1, 0.15) is 35.2 Å². The van der Waals surface area contributed by atoms with Gasteiger partial charge in [-0.05, 0) is 166 Å². The van der Waals surface area contributed by atoms with Gasteiger partial charge in [-0.2, -0.15) is 16.8 Å². The highest BCUT2D eigenvalue weighted by molar-refractivity contribution is 8.77. The van der Waals surface area contributed by atoms with Crippen molar-refractivity contribution < 1.29 is 58.6 Å². The minimum absolute atomic E-state index is 0.0200. The molecule has 4 aliphatic heterocycles. The number of fused-ring (bicyclic) bond motifs is 8. The van der Waals surface area contributed by atoms with Crippen molar-refractivity contribution in [2.75, 3.05) is 42.2 Å². The lowest BCUT2D eigenvalue weighted by Crippen LogP contribution is -2.47. The third-order valence-corrected chi connectivity index (χ3v) is 21.6. The number of hydrogen-bond acceptors (Lipinski definition) is 15. The molecule has 4 heterocycles. The number of anilines is 3. The lowest BCUT2D eigenvalue weighted by Gasteiger charge is -2.28. The summed E-state index contributed by atoms with van der Waals surface area (Å²) < 4.78 is 79.9. The number of ketones is 1. The molecule has 0 aromatic heterocycles. The molecule has 4 aliphatic rings. The molecule has 5 aromatic rings. The number of benzene rings is 5. The van der Waals surface area contributed by atoms with Crippen LogP contribution < -0.4 is 29.3 Å². The van der Waals surface area contributed by atoms with Crippen molar-refractivity contribution in [3.63, 3.8) is 0 Å². The van der Waals surface area contributed by atoms with Crippen molar-refractivity contribution in [2.45, 2.75) is 120 Å². The maximum atomic E-state index is 14.4. The van der Waals surface area contributed by atoms with E-state index in [1.165, 1.54) is 35.6 Å². The number of nitrogens with one attached hydrogen (secondary N) is 1. The number of methoxy groups -OCH3 is 1. The Morgan fingerprint density at radius 1 is 0.740 bits per heavy atom. The molecule has 0 aliphatic carbocycles. The van der Waals surface area contributed by atoms with Gasteiger partial charge in [0, 0.05) is 51.2 Å². The lowest BCUT2D eigenvalue weighted by molar-refractivity contribution is -0.117. The summed E-state index contributed by atoms with van der Waals surface area (Å²) in [4.78, 5) is 57.9. The number of Topliss-reactive ketones (excluding diaryl/α,β-unsaturated/α-hetero) is 1. The zero-order chi connectivity index (χ0) is 55.0. The molecule has 0 spiro atoms. The van der Waals surface area contributed by atoms with Crippen LogP contribution in [0.15, 0.2) is 91.0 Å². The maximum Gasteiger partial charge on any atom is 0.277 e. The Balaban J connectivity index is 0.948. The van der Waals surface area contributed by atoms with Gasteiger partial charge in [-0.1, -0.05) is 58.0 Å². The highest BCUT2D eigenvalue weighted by atomic mass is 33.1. The second-order valence-electron chi connectivity index (χ2n) is 20.5. The largest absolute Gasteiger partial charge is 0.493 e. The molecule has 0 bridgehead atoms. The first-order chi connectivity index (χ1) is 36.7. The molecule has 2 unspecified atom stereocenters. The molecule has 5 aromatic carbocycles. The van der Waals surface area contributed by atoms with Gasteiger partial charge in [-0.3, -0.25) is 27.5 Å². The Kier molecular flexibility index (Phi) is 16.6. The summed E-state index contributed by atoms with van der Waals surface area (Å²) in [6.45, 7) is 7.13. The van der Waals surface area contributed by atoms with E-state index in [9.17, 15) is 36.0 Å². The molecule has 77 heavy (non-hydrogen) atoms. The zero-order valence-electron chi connectivity index (χ0n) is 44.1. The number of carbonyl (C=O) groups excluding carboxylic acids is 4. The molecule has 0 fully saturated rings. The second-order valence-corrected chi connectivity index (χ2v) is 27.4. The summed E-state index contributed by atoms with van der Waals surface area (Å²) in [5, 5.41) is 0.769. The molecule has 408 valence electrons. The average molecular weight is 1130 g/mol. The molecule has 16 nitrogen and oxygen atoms in total. The normalized spacial score (nSPS) is 18.2. The highest BCUT2D eigenvalue weighted by Crippen LogP contribution is 2.44. The summed E-state index contributed by atoms with van der Waals surface area (Å²) in [5.41, 5.74) is 8.51. The summed E-state index contributed by atoms with van der Waals surface area (Å²) in [6, 6.07) is 27.5. The molecular weight excluding hydrogens is 1060 g/mol. The first-order valence-electron chi connectivity index (χ1n) is 25.5. The number of rotatable bonds is 21. The zero-order valence-corrected chi connectivity index (χ0v) is 47.3. The van der Waals surface area contributed by atoms with Crippen molar-refractivity contribution in [3.8, 4) is 17.2 Å². The van der Waals surface area contributed by atoms with Crippen molar-refractivity contribution in [3.05, 3.63) is 141 Å². The van der Waals surface area contributed by atoms with Crippen molar-refractivity contribution in [1.82, 2.24) is 0 Å². The molecule has 0 saturated carbocycles. The number of para-hydroxylation sites is 2. The number of aryl methyl sites for hydroxylation is 2. The highest BCUT2D eigenvalue weighted by Gasteiger charge is 2.48. The summed E-state index contributed by atoms with van der Waals surface area (Å²) in [5.74, 6) is 0.578. The number of amides is 3. The summed E-state index contributed by atoms with van der Waals surface area (Å²) >= 11 is 0. The van der Waals surface area contributed by atoms with Gasteiger partial charge in [0.2, 0.25) is 5.91 Å². The molecule has 3 amide bonds. The fourth-order valence-corrected chi connectivity index (χ4v) is 15.9. The SMILES string of the molecule is COc1cc2c(cc1OCc1cc(COc3cc4c(cc3C)C(=O)N3c5ccccc5C[C@H]3C(S(=O)(=O)OC)C4)cc(NC(=O)CCC(C)(C)SSCCC(C(C)=O)S(=O)(=O)OC)c1)CC[C@@H]1Cc3ccccc3N1C2=O. The van der Waals surface area contributed by atoms with E-state index in [-0.39, 0.29) is 56.2 Å². The van der Waals surface area contributed by atoms with Crippen LogP contribution in [-0.4, -0.2) is 94.8 Å². The molecule has 0 radical (unpaired) electrons. The van der Waals surface area contributed by atoms with Gasteiger partial charge in [0.25, 0.3) is 32.1 Å². The van der Waals surface area contributed by atoms with E-state index in [0.717, 1.165) is 49.4 Å². The molecule has 20 heteroatoms. The van der Waals surface area contributed by atoms with Gasteiger partial charge in [-0.15, -0.1) is 0 Å². The Bertz CT molecular complexity index is 3370. The van der Waals surface area contributed by atoms with Crippen LogP contribution in [0, 0.1) is 6.92 Å². The van der Waals surface area contributed by atoms with E-state index in [1.54, 1.807) is 23.1 Å². The van der Waals surface area contributed by atoms with E-state index >= 15 is 0 Å². The van der Waals surface area contributed by atoms with E-state index in [4.69, 9.17) is 18.4 Å². The van der Waals surface area contributed by atoms with Crippen molar-refractivity contribution in [1.29, 1.82) is 0 Å². The average Bonchev–Trinajstić information content (AvgIpc) is 4.04. The second kappa shape index (κ2) is 22.8. The van der Waals surface area contributed by atoms with Crippen LogP contribution in [0.3, 0.4) is 0 Å². The van der Waals surface area contributed by atoms with Crippen LogP contribution in [0.4, 0.5) is 17.1 Å². The minimum Gasteiger partial charge on any atom is -0.493 e. The molecule has 4 atom stereocenters. The third kappa shape index (κ3) is 11.9. The lowest BCUT2D eigenvalue weighted by atomic mass is 9.97. The fraction of sp³-hybridized carbons (Fsp3) is 0.404. The van der Waals surface area contributed by atoms with Gasteiger partial charge in [-0.25, -0.2) is 0 Å². The van der Waals surface area contributed by atoms with E-state index in [1.807, 2.05) is 92.4 Å². The smallest absolute Gasteiger partial charge is 0.277 e. The van der Waals surface area contributed by atoms with Crippen molar-refractivity contribution >= 4 is 82.4 Å². The van der Waals surface area contributed by atoms with Gasteiger partial charge >= 0.3 is 0 Å².